The molecule has 8 amide bonds. The topological polar surface area (TPSA) is 217 Å². The van der Waals surface area contributed by atoms with Crippen LogP contribution in [0.5, 0.6) is 0 Å². The number of cyclic esters (lactones) is 1. The molecule has 3 aromatic carbocycles. The van der Waals surface area contributed by atoms with Gasteiger partial charge in [-0.3, -0.25) is 48.2 Å². The van der Waals surface area contributed by atoms with Crippen molar-refractivity contribution in [2.75, 3.05) is 19.7 Å². The molecule has 0 bridgehead atoms. The highest BCUT2D eigenvalue weighted by Gasteiger charge is 2.43. The number of hydrogen-bond acceptors (Lipinski definition) is 10. The van der Waals surface area contributed by atoms with Crippen LogP contribution < -0.4 is 10.6 Å². The van der Waals surface area contributed by atoms with Crippen LogP contribution in [0.1, 0.15) is 100 Å². The molecule has 0 unspecified atom stereocenters. The van der Waals surface area contributed by atoms with E-state index in [0.29, 0.717) is 17.5 Å². The molecule has 0 spiro atoms. The van der Waals surface area contributed by atoms with Crippen LogP contribution in [0.4, 0.5) is 13.6 Å². The standard InChI is InChI=1S/C31H31Cl3FN3O6.C21H22Cl3FN2O5/c1-18(2)25(36-29(42)31(32,33)34)24(35)16-20(11-8-14-37-27(40)22-12-6-7-13-23(22)28(37)41)26(39)38-21(17-44-30(38)43)15-19-9-4-3-5-10-19;1-11(2)16(26-20(32)21(22,23)24)15(25)10-12(19(30)31)6-5-9-27-17(28)13-7-3-4-8-14(13)18(27)29/h3-7,9-10,12-13,16,18,20-21,25H,8,11,14-15,17H2,1-2H3,(H,36,42);3-4,7-8,10-12,16H,5-6,9H2,1-2H3,(H,26,32)(H,30,31)/b24-16-;15-10-/t20-,21-,25+;12-,16+/m11/s1. The molecule has 76 heavy (non-hydrogen) atoms. The molecule has 6 rings (SSSR count). The second-order valence-electron chi connectivity index (χ2n) is 18.6. The molecule has 1 fully saturated rings. The van der Waals surface area contributed by atoms with E-state index in [1.165, 1.54) is 0 Å². The van der Waals surface area contributed by atoms with Crippen molar-refractivity contribution in [3.63, 3.8) is 0 Å². The van der Waals surface area contributed by atoms with Crippen LogP contribution in [0.15, 0.2) is 103 Å². The molecule has 408 valence electrons. The van der Waals surface area contributed by atoms with Crippen molar-refractivity contribution in [2.24, 2.45) is 23.7 Å². The van der Waals surface area contributed by atoms with Gasteiger partial charge in [0.15, 0.2) is 0 Å². The number of imide groups is 3. The summed E-state index contributed by atoms with van der Waals surface area (Å²) in [5, 5.41) is 14.1. The number of aliphatic carboxylic acids is 1. The molecular weight excluding hydrogens is 1120 g/mol. The van der Waals surface area contributed by atoms with Gasteiger partial charge < -0.3 is 20.5 Å². The molecule has 24 heteroatoms. The molecule has 3 heterocycles. The lowest BCUT2D eigenvalue weighted by atomic mass is 9.95. The van der Waals surface area contributed by atoms with E-state index in [1.54, 1.807) is 76.2 Å². The van der Waals surface area contributed by atoms with Gasteiger partial charge in [0.1, 0.15) is 18.3 Å². The zero-order valence-electron chi connectivity index (χ0n) is 41.3. The van der Waals surface area contributed by atoms with Crippen LogP contribution >= 0.6 is 69.6 Å². The molecule has 0 saturated carbocycles. The Morgan fingerprint density at radius 3 is 1.37 bits per heavy atom. The minimum atomic E-state index is -2.35. The van der Waals surface area contributed by atoms with E-state index in [-0.39, 0.29) is 56.5 Å². The fourth-order valence-corrected chi connectivity index (χ4v) is 8.80. The largest absolute Gasteiger partial charge is 0.481 e. The van der Waals surface area contributed by atoms with Gasteiger partial charge in [-0.15, -0.1) is 0 Å². The van der Waals surface area contributed by atoms with Gasteiger partial charge in [0.2, 0.25) is 5.91 Å². The first-order valence-corrected chi connectivity index (χ1v) is 26.1. The monoisotopic (exact) mass is 1170 g/mol. The zero-order chi connectivity index (χ0) is 56.4. The predicted octanol–water partition coefficient (Wildman–Crippen LogP) is 9.76. The number of carboxylic acids is 1. The third-order valence-electron chi connectivity index (χ3n) is 12.4. The maximum absolute atomic E-state index is 15.8. The molecule has 1 saturated heterocycles. The van der Waals surface area contributed by atoms with Gasteiger partial charge in [-0.2, -0.15) is 0 Å². The number of hydrogen-bond donors (Lipinski definition) is 3. The molecular formula is C52H53Cl6F2N5O11. The summed E-state index contributed by atoms with van der Waals surface area (Å²) >= 11 is 33.5. The Hall–Kier alpha value is -5.63. The Morgan fingerprint density at radius 2 is 1.00 bits per heavy atom. The SMILES string of the molecule is CC(C)[C@H](NC(=O)C(Cl)(Cl)Cl)/C(F)=C/[C@@H](CCCN1C(=O)c2ccccc2C1=O)C(=O)N1C(=O)OC[C@H]1Cc1ccccc1.CC(C)[C@H](NC(=O)C(Cl)(Cl)Cl)/C(F)=C/[C@@H](CCCN1C(=O)c2ccccc2C1=O)C(=O)O. The fourth-order valence-electron chi connectivity index (χ4n) is 8.47. The van der Waals surface area contributed by atoms with E-state index in [4.69, 9.17) is 74.3 Å². The molecule has 5 atom stereocenters. The first kappa shape index (κ1) is 61.2. The molecule has 3 N–H and O–H groups in total. The smallest absolute Gasteiger partial charge is 0.417 e. The quantitative estimate of drug-likeness (QED) is 0.0715. The van der Waals surface area contributed by atoms with Crippen molar-refractivity contribution >= 4 is 123 Å². The molecule has 3 aromatic rings. The van der Waals surface area contributed by atoms with Gasteiger partial charge in [0, 0.05) is 13.1 Å². The number of ether oxygens (including phenoxy) is 1. The first-order valence-electron chi connectivity index (χ1n) is 23.8. The lowest BCUT2D eigenvalue weighted by molar-refractivity contribution is -0.140. The number of alkyl halides is 6. The number of benzene rings is 3. The van der Waals surface area contributed by atoms with Gasteiger partial charge in [-0.05, 0) is 85.9 Å². The molecule has 3 aliphatic rings. The fraction of sp³-hybridized carbons (Fsp3) is 0.404. The van der Waals surface area contributed by atoms with Crippen LogP contribution in [-0.4, -0.2) is 119 Å². The third-order valence-corrected chi connectivity index (χ3v) is 13.5. The number of carbonyl (C=O) groups excluding carboxylic acids is 8. The summed E-state index contributed by atoms with van der Waals surface area (Å²) in [5.41, 5.74) is 2.02. The van der Waals surface area contributed by atoms with E-state index in [9.17, 15) is 52.6 Å². The van der Waals surface area contributed by atoms with Crippen LogP contribution in [0.2, 0.25) is 0 Å². The lowest BCUT2D eigenvalue weighted by Crippen LogP contribution is -2.45. The lowest BCUT2D eigenvalue weighted by Gasteiger charge is -2.26. The van der Waals surface area contributed by atoms with E-state index in [1.807, 2.05) is 30.3 Å². The average Bonchev–Trinajstić information content (AvgIpc) is 3.93. The summed E-state index contributed by atoms with van der Waals surface area (Å²) in [7, 11) is 0. The van der Waals surface area contributed by atoms with E-state index >= 15 is 4.39 Å². The van der Waals surface area contributed by atoms with E-state index < -0.39 is 114 Å². The Morgan fingerprint density at radius 1 is 0.632 bits per heavy atom. The van der Waals surface area contributed by atoms with E-state index in [0.717, 1.165) is 32.4 Å². The van der Waals surface area contributed by atoms with Gasteiger partial charge in [-0.25, -0.2) is 18.5 Å². The highest BCUT2D eigenvalue weighted by Crippen LogP contribution is 2.32. The van der Waals surface area contributed by atoms with Crippen LogP contribution in [0.25, 0.3) is 0 Å². The normalized spacial score (nSPS) is 17.5. The van der Waals surface area contributed by atoms with Crippen molar-refractivity contribution < 1.29 is 61.8 Å². The van der Waals surface area contributed by atoms with E-state index in [2.05, 4.69) is 10.6 Å². The second kappa shape index (κ2) is 26.6. The summed E-state index contributed by atoms with van der Waals surface area (Å²) in [6, 6.07) is 18.9. The minimum Gasteiger partial charge on any atom is -0.481 e. The second-order valence-corrected chi connectivity index (χ2v) is 23.1. The molecule has 3 aliphatic heterocycles. The maximum atomic E-state index is 15.8. The van der Waals surface area contributed by atoms with Gasteiger partial charge in [0.25, 0.3) is 43.0 Å². The Labute approximate surface area is 466 Å². The van der Waals surface area contributed by atoms with Crippen molar-refractivity contribution in [1.29, 1.82) is 0 Å². The first-order chi connectivity index (χ1) is 35.6. The van der Waals surface area contributed by atoms with Crippen molar-refractivity contribution in [2.45, 2.75) is 85.5 Å². The molecule has 0 aliphatic carbocycles. The zero-order valence-corrected chi connectivity index (χ0v) is 45.8. The van der Waals surface area contributed by atoms with Crippen molar-refractivity contribution in [3.05, 3.63) is 130 Å². The Balaban J connectivity index is 0.000000296. The summed E-state index contributed by atoms with van der Waals surface area (Å²) in [6.45, 7) is 6.38. The average molecular weight is 1170 g/mol. The Bertz CT molecular complexity index is 2700. The van der Waals surface area contributed by atoms with Crippen molar-refractivity contribution in [1.82, 2.24) is 25.3 Å². The van der Waals surface area contributed by atoms with Gasteiger partial charge in [0.05, 0.1) is 52.2 Å². The number of nitrogens with one attached hydrogen (secondary N) is 2. The summed E-state index contributed by atoms with van der Waals surface area (Å²) < 4.78 is 31.2. The van der Waals surface area contributed by atoms with Crippen LogP contribution in [0.3, 0.4) is 0 Å². The molecule has 16 nitrogen and oxygen atoms in total. The Kier molecular flexibility index (Phi) is 21.4. The highest BCUT2D eigenvalue weighted by molar-refractivity contribution is 6.76. The van der Waals surface area contributed by atoms with Gasteiger partial charge >= 0.3 is 12.1 Å². The maximum Gasteiger partial charge on any atom is 0.417 e. The van der Waals surface area contributed by atoms with Gasteiger partial charge in [-0.1, -0.05) is 152 Å². The highest BCUT2D eigenvalue weighted by atomic mass is 35.6. The third kappa shape index (κ3) is 15.5. The minimum absolute atomic E-state index is 0.0107. The number of fused-ring (bicyclic) bond motifs is 2. The number of carbonyl (C=O) groups is 9. The summed E-state index contributed by atoms with van der Waals surface area (Å²) in [6.07, 6.45) is 1.54. The van der Waals surface area contributed by atoms with Crippen molar-refractivity contribution in [3.8, 4) is 0 Å². The predicted molar refractivity (Wildman–Crippen MR) is 281 cm³/mol. The van der Waals surface area contributed by atoms with Crippen LogP contribution in [-0.2, 0) is 30.3 Å². The number of amides is 8. The number of nitrogens with zero attached hydrogens (tertiary/aromatic N) is 3. The summed E-state index contributed by atoms with van der Waals surface area (Å²) in [4.78, 5) is 116. The number of carboxylic acid groups (broad SMARTS) is 1. The summed E-state index contributed by atoms with van der Waals surface area (Å²) in [5.74, 6) is -11.2. The molecule has 0 radical (unpaired) electrons. The van der Waals surface area contributed by atoms with Crippen LogP contribution in [0, 0.1) is 23.7 Å². The molecule has 0 aromatic heterocycles. The number of rotatable bonds is 20. The number of halogens is 8.